The number of rotatable bonds is 6. The van der Waals surface area contributed by atoms with Crippen LogP contribution < -0.4 is 0 Å². The van der Waals surface area contributed by atoms with Gasteiger partial charge in [0, 0.05) is 11.1 Å². The molecule has 0 nitrogen and oxygen atoms in total. The van der Waals surface area contributed by atoms with E-state index in [9.17, 15) is 17.6 Å². The Balaban J connectivity index is 1.46. The Kier molecular flexibility index (Phi) is 7.13. The summed E-state index contributed by atoms with van der Waals surface area (Å²) >= 11 is 0. The van der Waals surface area contributed by atoms with Gasteiger partial charge >= 0.3 is 0 Å². The zero-order chi connectivity index (χ0) is 24.1. The Bertz CT molecular complexity index is 1400. The molecule has 0 atom stereocenters. The predicted molar refractivity (Wildman–Crippen MR) is 129 cm³/mol. The number of hydrogen-bond acceptors (Lipinski definition) is 0. The summed E-state index contributed by atoms with van der Waals surface area (Å²) < 4.78 is 56.7. The van der Waals surface area contributed by atoms with Crippen LogP contribution in [0.4, 0.5) is 17.6 Å². The molecule has 0 aliphatic carbocycles. The lowest BCUT2D eigenvalue weighted by atomic mass is 9.99. The van der Waals surface area contributed by atoms with Crippen molar-refractivity contribution in [2.75, 3.05) is 0 Å². The highest BCUT2D eigenvalue weighted by molar-refractivity contribution is 5.84. The molecule has 0 aromatic heterocycles. The normalized spacial score (nSPS) is 10.7. The summed E-state index contributed by atoms with van der Waals surface area (Å²) in [6.45, 7) is 3.62. The van der Waals surface area contributed by atoms with Crippen LogP contribution in [-0.2, 0) is 19.3 Å². The van der Waals surface area contributed by atoms with E-state index in [0.717, 1.165) is 10.8 Å². The summed E-state index contributed by atoms with van der Waals surface area (Å²) in [5.74, 6) is 3.79. The van der Waals surface area contributed by atoms with Crippen molar-refractivity contribution in [2.45, 2.75) is 25.7 Å². The van der Waals surface area contributed by atoms with Crippen molar-refractivity contribution in [1.29, 1.82) is 0 Å². The Labute approximate surface area is 196 Å². The van der Waals surface area contributed by atoms with Crippen LogP contribution in [-0.4, -0.2) is 0 Å². The highest BCUT2D eigenvalue weighted by Gasteiger charge is 2.12. The standard InChI is InChI=1S/C30H22F4/c1-2-3-4-22-17-29(33)27(30(34)18-22)14-8-21-6-10-23(28(32)16-21)9-5-20-7-11-25-19-26(31)13-12-24(25)15-20/h2,6-7,10-13,15-19H,1,3-4,8,14H2. The van der Waals surface area contributed by atoms with Crippen LogP contribution in [0.1, 0.15) is 34.2 Å². The van der Waals surface area contributed by atoms with Crippen molar-refractivity contribution >= 4 is 10.8 Å². The van der Waals surface area contributed by atoms with Gasteiger partial charge in [-0.2, -0.15) is 0 Å². The molecule has 170 valence electrons. The van der Waals surface area contributed by atoms with E-state index in [-0.39, 0.29) is 23.4 Å². The Morgan fingerprint density at radius 1 is 0.647 bits per heavy atom. The van der Waals surface area contributed by atoms with Crippen molar-refractivity contribution < 1.29 is 17.6 Å². The van der Waals surface area contributed by atoms with Gasteiger partial charge in [0.05, 0.1) is 5.56 Å². The second kappa shape index (κ2) is 10.4. The Morgan fingerprint density at radius 2 is 1.35 bits per heavy atom. The van der Waals surface area contributed by atoms with Crippen LogP contribution in [0.5, 0.6) is 0 Å². The number of hydrogen-bond donors (Lipinski definition) is 0. The van der Waals surface area contributed by atoms with Gasteiger partial charge in [-0.3, -0.25) is 0 Å². The highest BCUT2D eigenvalue weighted by atomic mass is 19.1. The molecule has 0 fully saturated rings. The van der Waals surface area contributed by atoms with Crippen molar-refractivity contribution in [2.24, 2.45) is 0 Å². The molecule has 0 saturated carbocycles. The highest BCUT2D eigenvalue weighted by Crippen LogP contribution is 2.20. The first-order valence-corrected chi connectivity index (χ1v) is 11.0. The first kappa shape index (κ1) is 23.3. The average molecular weight is 458 g/mol. The lowest BCUT2D eigenvalue weighted by molar-refractivity contribution is 0.551. The van der Waals surface area contributed by atoms with Crippen LogP contribution in [0.2, 0.25) is 0 Å². The van der Waals surface area contributed by atoms with Crippen molar-refractivity contribution in [3.8, 4) is 11.8 Å². The monoisotopic (exact) mass is 458 g/mol. The van der Waals surface area contributed by atoms with E-state index in [0.29, 0.717) is 36.0 Å². The maximum absolute atomic E-state index is 14.6. The van der Waals surface area contributed by atoms with E-state index in [1.54, 1.807) is 36.4 Å². The summed E-state index contributed by atoms with van der Waals surface area (Å²) in [6.07, 6.45) is 3.31. The molecule has 0 saturated heterocycles. The summed E-state index contributed by atoms with van der Waals surface area (Å²) in [6, 6.07) is 17.2. The van der Waals surface area contributed by atoms with E-state index in [1.807, 2.05) is 6.07 Å². The molecule has 0 aliphatic rings. The third-order valence-corrected chi connectivity index (χ3v) is 5.68. The molecule has 0 N–H and O–H groups in total. The van der Waals surface area contributed by atoms with Gasteiger partial charge < -0.3 is 0 Å². The summed E-state index contributed by atoms with van der Waals surface area (Å²) in [5.41, 5.74) is 2.14. The molecule has 0 unspecified atom stereocenters. The number of fused-ring (bicyclic) bond motifs is 1. The fraction of sp³-hybridized carbons (Fsp3) is 0.133. The molecular formula is C30H22F4. The zero-order valence-electron chi connectivity index (χ0n) is 18.5. The van der Waals surface area contributed by atoms with Gasteiger partial charge in [-0.05, 0) is 96.1 Å². The summed E-state index contributed by atoms with van der Waals surface area (Å²) in [7, 11) is 0. The van der Waals surface area contributed by atoms with E-state index in [2.05, 4.69) is 18.4 Å². The molecule has 0 radical (unpaired) electrons. The third-order valence-electron chi connectivity index (χ3n) is 5.68. The summed E-state index contributed by atoms with van der Waals surface area (Å²) in [4.78, 5) is 0. The molecule has 4 heteroatoms. The molecule has 4 rings (SSSR count). The second-order valence-electron chi connectivity index (χ2n) is 8.14. The largest absolute Gasteiger partial charge is 0.207 e. The molecule has 0 spiro atoms. The SMILES string of the molecule is C=CCCc1cc(F)c(CCc2ccc(C#Cc3ccc4cc(F)ccc4c3)c(F)c2)c(F)c1. The Morgan fingerprint density at radius 3 is 2.09 bits per heavy atom. The Hall–Kier alpha value is -3.84. The quantitative estimate of drug-likeness (QED) is 0.158. The van der Waals surface area contributed by atoms with Crippen molar-refractivity contribution in [3.63, 3.8) is 0 Å². The second-order valence-corrected chi connectivity index (χ2v) is 8.14. The molecule has 34 heavy (non-hydrogen) atoms. The minimum Gasteiger partial charge on any atom is -0.207 e. The smallest absolute Gasteiger partial charge is 0.139 e. The van der Waals surface area contributed by atoms with Crippen LogP contribution in [0.3, 0.4) is 0 Å². The third kappa shape index (κ3) is 5.55. The first-order chi connectivity index (χ1) is 16.4. The summed E-state index contributed by atoms with van der Waals surface area (Å²) in [5, 5.41) is 1.61. The van der Waals surface area contributed by atoms with Crippen molar-refractivity contribution in [1.82, 2.24) is 0 Å². The maximum Gasteiger partial charge on any atom is 0.139 e. The van der Waals surface area contributed by atoms with E-state index in [1.165, 1.54) is 30.3 Å². The van der Waals surface area contributed by atoms with Gasteiger partial charge in [0.2, 0.25) is 0 Å². The van der Waals surface area contributed by atoms with Gasteiger partial charge in [-0.1, -0.05) is 36.1 Å². The van der Waals surface area contributed by atoms with Gasteiger partial charge in [-0.15, -0.1) is 6.58 Å². The van der Waals surface area contributed by atoms with E-state index < -0.39 is 17.5 Å². The van der Waals surface area contributed by atoms with E-state index >= 15 is 0 Å². The lowest BCUT2D eigenvalue weighted by Crippen LogP contribution is -2.01. The van der Waals surface area contributed by atoms with Crippen LogP contribution in [0, 0.1) is 35.1 Å². The van der Waals surface area contributed by atoms with Gasteiger partial charge in [0.25, 0.3) is 0 Å². The number of benzene rings is 4. The van der Waals surface area contributed by atoms with Crippen molar-refractivity contribution in [3.05, 3.63) is 130 Å². The minimum atomic E-state index is -0.583. The average Bonchev–Trinajstić information content (AvgIpc) is 2.81. The number of aryl methyl sites for hydroxylation is 2. The number of allylic oxidation sites excluding steroid dienone is 1. The predicted octanol–water partition coefficient (Wildman–Crippen LogP) is 7.70. The van der Waals surface area contributed by atoms with Gasteiger partial charge in [-0.25, -0.2) is 17.6 Å². The molecule has 0 bridgehead atoms. The first-order valence-electron chi connectivity index (χ1n) is 11.0. The molecule has 0 amide bonds. The minimum absolute atomic E-state index is 0.00261. The lowest BCUT2D eigenvalue weighted by Gasteiger charge is -2.08. The van der Waals surface area contributed by atoms with Crippen LogP contribution in [0.15, 0.2) is 79.4 Å². The topological polar surface area (TPSA) is 0 Å². The van der Waals surface area contributed by atoms with Crippen LogP contribution >= 0.6 is 0 Å². The number of halogens is 4. The zero-order valence-corrected chi connectivity index (χ0v) is 18.5. The van der Waals surface area contributed by atoms with Crippen LogP contribution in [0.25, 0.3) is 10.8 Å². The fourth-order valence-electron chi connectivity index (χ4n) is 3.83. The van der Waals surface area contributed by atoms with Gasteiger partial charge in [0.15, 0.2) is 0 Å². The molecule has 0 aliphatic heterocycles. The fourth-order valence-corrected chi connectivity index (χ4v) is 3.83. The maximum atomic E-state index is 14.6. The molecule has 4 aromatic carbocycles. The molecular weight excluding hydrogens is 436 g/mol. The van der Waals surface area contributed by atoms with E-state index in [4.69, 9.17) is 0 Å². The van der Waals surface area contributed by atoms with Gasteiger partial charge in [0.1, 0.15) is 23.3 Å². The molecule has 4 aromatic rings. The molecule has 0 heterocycles.